The molecule has 0 bridgehead atoms. The van der Waals surface area contributed by atoms with Gasteiger partial charge in [-0.15, -0.1) is 0 Å². The standard InChI is InChI=1S/C18H34O/c1-2-3-4-5-6-7-8-9-10-11-12-13-14-15-16-17-18-19/h9-10,13-14,19H,2-8,11-12,15-18H2,1H3/b10-9+,14-13+. The Morgan fingerprint density at radius 1 is 0.579 bits per heavy atom. The number of hydrogen-bond acceptors (Lipinski definition) is 1. The SMILES string of the molecule is CCCCCCCC/C=C/CC/C=C/CCCCO. The van der Waals surface area contributed by atoms with Crippen molar-refractivity contribution in [1.82, 2.24) is 0 Å². The zero-order valence-corrected chi connectivity index (χ0v) is 12.9. The number of unbranched alkanes of at least 4 members (excludes halogenated alkanes) is 9. The Kier molecular flexibility index (Phi) is 16.9. The number of aliphatic hydroxyl groups excluding tert-OH is 1. The molecule has 0 amide bonds. The Balaban J connectivity index is 3.12. The molecule has 0 radical (unpaired) electrons. The summed E-state index contributed by atoms with van der Waals surface area (Å²) in [4.78, 5) is 0. The summed E-state index contributed by atoms with van der Waals surface area (Å²) in [6.45, 7) is 2.60. The van der Waals surface area contributed by atoms with Gasteiger partial charge < -0.3 is 5.11 Å². The second-order valence-corrected chi connectivity index (χ2v) is 5.30. The zero-order chi connectivity index (χ0) is 14.0. The van der Waals surface area contributed by atoms with E-state index in [-0.39, 0.29) is 0 Å². The van der Waals surface area contributed by atoms with Crippen molar-refractivity contribution < 1.29 is 5.11 Å². The van der Waals surface area contributed by atoms with Gasteiger partial charge in [-0.2, -0.15) is 0 Å². The lowest BCUT2D eigenvalue weighted by Gasteiger charge is -1.97. The van der Waals surface area contributed by atoms with Crippen LogP contribution >= 0.6 is 0 Å². The van der Waals surface area contributed by atoms with Crippen LogP contribution in [0.3, 0.4) is 0 Å². The van der Waals surface area contributed by atoms with Crippen molar-refractivity contribution in [3.63, 3.8) is 0 Å². The van der Waals surface area contributed by atoms with Crippen molar-refractivity contribution in [2.75, 3.05) is 6.61 Å². The molecule has 1 N–H and O–H groups in total. The van der Waals surface area contributed by atoms with Crippen molar-refractivity contribution in [1.29, 1.82) is 0 Å². The van der Waals surface area contributed by atoms with Gasteiger partial charge in [-0.05, 0) is 44.9 Å². The van der Waals surface area contributed by atoms with Crippen LogP contribution < -0.4 is 0 Å². The molecule has 0 aromatic rings. The lowest BCUT2D eigenvalue weighted by molar-refractivity contribution is 0.285. The van der Waals surface area contributed by atoms with Gasteiger partial charge in [0.25, 0.3) is 0 Å². The fourth-order valence-electron chi connectivity index (χ4n) is 2.08. The predicted molar refractivity (Wildman–Crippen MR) is 86.4 cm³/mol. The Morgan fingerprint density at radius 2 is 1.05 bits per heavy atom. The normalized spacial score (nSPS) is 11.9. The molecule has 0 aliphatic carbocycles. The maximum atomic E-state index is 8.64. The fourth-order valence-corrected chi connectivity index (χ4v) is 2.08. The third-order valence-corrected chi connectivity index (χ3v) is 3.34. The van der Waals surface area contributed by atoms with Crippen LogP contribution in [0.4, 0.5) is 0 Å². The first-order chi connectivity index (χ1) is 9.41. The molecular formula is C18H34O. The van der Waals surface area contributed by atoms with Gasteiger partial charge >= 0.3 is 0 Å². The highest BCUT2D eigenvalue weighted by Crippen LogP contribution is 2.07. The summed E-state index contributed by atoms with van der Waals surface area (Å²) in [5.74, 6) is 0. The Morgan fingerprint density at radius 3 is 1.63 bits per heavy atom. The van der Waals surface area contributed by atoms with Gasteiger partial charge in [0.2, 0.25) is 0 Å². The number of aliphatic hydroxyl groups is 1. The maximum Gasteiger partial charge on any atom is 0.0431 e. The van der Waals surface area contributed by atoms with Gasteiger partial charge in [-0.3, -0.25) is 0 Å². The summed E-state index contributed by atoms with van der Waals surface area (Å²) in [5, 5.41) is 8.64. The molecule has 0 aromatic heterocycles. The van der Waals surface area contributed by atoms with E-state index in [9.17, 15) is 0 Å². The first kappa shape index (κ1) is 18.4. The molecule has 0 atom stereocenters. The Labute approximate surface area is 120 Å². The number of allylic oxidation sites excluding steroid dienone is 4. The Hall–Kier alpha value is -0.560. The molecular weight excluding hydrogens is 232 g/mol. The van der Waals surface area contributed by atoms with E-state index in [1.807, 2.05) is 0 Å². The van der Waals surface area contributed by atoms with Gasteiger partial charge in [-0.25, -0.2) is 0 Å². The first-order valence-corrected chi connectivity index (χ1v) is 8.32. The van der Waals surface area contributed by atoms with Crippen molar-refractivity contribution in [2.45, 2.75) is 84.0 Å². The van der Waals surface area contributed by atoms with E-state index >= 15 is 0 Å². The molecule has 0 aliphatic rings. The smallest absolute Gasteiger partial charge is 0.0431 e. The third kappa shape index (κ3) is 17.4. The van der Waals surface area contributed by atoms with Crippen LogP contribution in [0.1, 0.15) is 84.0 Å². The van der Waals surface area contributed by atoms with Crippen LogP contribution in [-0.4, -0.2) is 11.7 Å². The summed E-state index contributed by atoms with van der Waals surface area (Å²) >= 11 is 0. The zero-order valence-electron chi connectivity index (χ0n) is 12.9. The molecule has 0 spiro atoms. The molecule has 1 heteroatoms. The van der Waals surface area contributed by atoms with E-state index in [2.05, 4.69) is 31.2 Å². The highest BCUT2D eigenvalue weighted by Gasteiger charge is 1.88. The maximum absolute atomic E-state index is 8.64. The van der Waals surface area contributed by atoms with Crippen LogP contribution in [-0.2, 0) is 0 Å². The van der Waals surface area contributed by atoms with Crippen molar-refractivity contribution in [3.05, 3.63) is 24.3 Å². The average Bonchev–Trinajstić information content (AvgIpc) is 2.43. The lowest BCUT2D eigenvalue weighted by atomic mass is 10.1. The van der Waals surface area contributed by atoms with Crippen molar-refractivity contribution in [3.8, 4) is 0 Å². The van der Waals surface area contributed by atoms with Gasteiger partial charge in [0.05, 0.1) is 0 Å². The molecule has 0 heterocycles. The largest absolute Gasteiger partial charge is 0.396 e. The summed E-state index contributed by atoms with van der Waals surface area (Å²) < 4.78 is 0. The molecule has 0 aliphatic heterocycles. The predicted octanol–water partition coefficient (Wildman–Crippen LogP) is 5.79. The van der Waals surface area contributed by atoms with Crippen molar-refractivity contribution >= 4 is 0 Å². The van der Waals surface area contributed by atoms with E-state index < -0.39 is 0 Å². The third-order valence-electron chi connectivity index (χ3n) is 3.34. The molecule has 0 unspecified atom stereocenters. The molecule has 1 nitrogen and oxygen atoms in total. The highest BCUT2D eigenvalue weighted by atomic mass is 16.2. The second-order valence-electron chi connectivity index (χ2n) is 5.30. The van der Waals surface area contributed by atoms with E-state index in [4.69, 9.17) is 5.11 Å². The molecule has 0 rings (SSSR count). The molecule has 0 saturated carbocycles. The van der Waals surface area contributed by atoms with Crippen molar-refractivity contribution in [2.24, 2.45) is 0 Å². The Bertz CT molecular complexity index is 206. The quantitative estimate of drug-likeness (QED) is 0.311. The topological polar surface area (TPSA) is 20.2 Å². The average molecular weight is 266 g/mol. The fraction of sp³-hybridized carbons (Fsp3) is 0.778. The minimum atomic E-state index is 0.328. The lowest BCUT2D eigenvalue weighted by Crippen LogP contribution is -1.80. The van der Waals surface area contributed by atoms with E-state index in [0.717, 1.165) is 25.7 Å². The van der Waals surface area contributed by atoms with Gasteiger partial charge in [0.15, 0.2) is 0 Å². The number of rotatable bonds is 14. The minimum absolute atomic E-state index is 0.328. The summed E-state index contributed by atoms with van der Waals surface area (Å²) in [5.41, 5.74) is 0. The highest BCUT2D eigenvalue weighted by molar-refractivity contribution is 4.88. The van der Waals surface area contributed by atoms with E-state index in [0.29, 0.717) is 6.61 Å². The summed E-state index contributed by atoms with van der Waals surface area (Å²) in [6.07, 6.45) is 24.3. The molecule has 0 saturated heterocycles. The van der Waals surface area contributed by atoms with Crippen LogP contribution in [0.5, 0.6) is 0 Å². The summed E-state index contributed by atoms with van der Waals surface area (Å²) in [7, 11) is 0. The molecule has 0 aromatic carbocycles. The van der Waals surface area contributed by atoms with Crippen LogP contribution in [0.25, 0.3) is 0 Å². The van der Waals surface area contributed by atoms with Crippen LogP contribution in [0.15, 0.2) is 24.3 Å². The van der Waals surface area contributed by atoms with Gasteiger partial charge in [0, 0.05) is 6.61 Å². The minimum Gasteiger partial charge on any atom is -0.396 e. The second kappa shape index (κ2) is 17.4. The molecule has 0 fully saturated rings. The van der Waals surface area contributed by atoms with E-state index in [1.54, 1.807) is 0 Å². The molecule has 19 heavy (non-hydrogen) atoms. The summed E-state index contributed by atoms with van der Waals surface area (Å²) in [6, 6.07) is 0. The van der Waals surface area contributed by atoms with Gasteiger partial charge in [0.1, 0.15) is 0 Å². The van der Waals surface area contributed by atoms with Crippen LogP contribution in [0.2, 0.25) is 0 Å². The monoisotopic (exact) mass is 266 g/mol. The van der Waals surface area contributed by atoms with Gasteiger partial charge in [-0.1, -0.05) is 63.3 Å². The first-order valence-electron chi connectivity index (χ1n) is 8.32. The molecule has 112 valence electrons. The number of hydrogen-bond donors (Lipinski definition) is 1. The van der Waals surface area contributed by atoms with E-state index in [1.165, 1.54) is 51.4 Å². The van der Waals surface area contributed by atoms with Crippen LogP contribution in [0, 0.1) is 0 Å².